The van der Waals surface area contributed by atoms with Gasteiger partial charge < -0.3 is 14.8 Å². The van der Waals surface area contributed by atoms with Gasteiger partial charge >= 0.3 is 6.61 Å². The van der Waals surface area contributed by atoms with Crippen LogP contribution in [0.4, 0.5) is 8.78 Å². The number of methoxy groups -OCH3 is 1. The summed E-state index contributed by atoms with van der Waals surface area (Å²) in [6, 6.07) is 13.1. The summed E-state index contributed by atoms with van der Waals surface area (Å²) in [5, 5.41) is 3.14. The maximum atomic E-state index is 12.5. The zero-order valence-electron chi connectivity index (χ0n) is 16.7. The van der Waals surface area contributed by atoms with E-state index in [1.807, 2.05) is 24.1 Å². The Morgan fingerprint density at radius 3 is 2.79 bits per heavy atom. The monoisotopic (exact) mass is 404 g/mol. The summed E-state index contributed by atoms with van der Waals surface area (Å²) in [7, 11) is 3.24. The Bertz CT molecular complexity index is 845. The van der Waals surface area contributed by atoms with Crippen LogP contribution >= 0.6 is 0 Å². The Kier molecular flexibility index (Phi) is 7.04. The molecular formula is C22H26F2N2O3. The highest BCUT2D eigenvalue weighted by Crippen LogP contribution is 2.30. The van der Waals surface area contributed by atoms with Crippen LogP contribution in [-0.4, -0.2) is 38.1 Å². The lowest BCUT2D eigenvalue weighted by Gasteiger charge is -2.27. The first-order chi connectivity index (χ1) is 14.0. The number of fused-ring (bicyclic) bond motifs is 1. The molecule has 2 aromatic carbocycles. The number of nitrogens with zero attached hydrogens (tertiary/aromatic N) is 1. The summed E-state index contributed by atoms with van der Waals surface area (Å²) >= 11 is 0. The number of carbonyl (C=O) groups is 1. The molecule has 29 heavy (non-hydrogen) atoms. The minimum atomic E-state index is -2.91. The number of hydrogen-bond donors (Lipinski definition) is 1. The van der Waals surface area contributed by atoms with Gasteiger partial charge in [0.15, 0.2) is 11.5 Å². The summed E-state index contributed by atoms with van der Waals surface area (Å²) in [6.45, 7) is -2.21. The van der Waals surface area contributed by atoms with Gasteiger partial charge in [0.1, 0.15) is 0 Å². The summed E-state index contributed by atoms with van der Waals surface area (Å²) in [4.78, 5) is 14.4. The van der Waals surface area contributed by atoms with Gasteiger partial charge in [-0.05, 0) is 55.1 Å². The highest BCUT2D eigenvalue weighted by atomic mass is 19.3. The summed E-state index contributed by atoms with van der Waals surface area (Å²) < 4.78 is 34.5. The van der Waals surface area contributed by atoms with Gasteiger partial charge in [-0.3, -0.25) is 9.69 Å². The molecule has 0 saturated carbocycles. The van der Waals surface area contributed by atoms with Crippen LogP contribution in [0.1, 0.15) is 35.6 Å². The predicted molar refractivity (Wildman–Crippen MR) is 106 cm³/mol. The van der Waals surface area contributed by atoms with E-state index in [4.69, 9.17) is 4.74 Å². The van der Waals surface area contributed by atoms with E-state index in [1.165, 1.54) is 24.3 Å². The highest BCUT2D eigenvalue weighted by molar-refractivity contribution is 5.78. The van der Waals surface area contributed by atoms with Gasteiger partial charge in [0, 0.05) is 6.54 Å². The number of hydrogen-bond acceptors (Lipinski definition) is 4. The zero-order chi connectivity index (χ0) is 20.8. The van der Waals surface area contributed by atoms with Crippen LogP contribution in [-0.2, 0) is 17.8 Å². The molecule has 2 aromatic rings. The fourth-order valence-corrected chi connectivity index (χ4v) is 3.76. The number of likely N-dealkylation sites (N-methyl/N-ethyl adjacent to an activating group) is 1. The smallest absolute Gasteiger partial charge is 0.387 e. The quantitative estimate of drug-likeness (QED) is 0.725. The minimum absolute atomic E-state index is 0.0115. The number of carbonyl (C=O) groups excluding carboxylic acids is 1. The van der Waals surface area contributed by atoms with Crippen molar-refractivity contribution in [2.75, 3.05) is 20.7 Å². The van der Waals surface area contributed by atoms with E-state index in [2.05, 4.69) is 22.2 Å². The van der Waals surface area contributed by atoms with Gasteiger partial charge in [-0.1, -0.05) is 30.3 Å². The largest absolute Gasteiger partial charge is 0.493 e. The van der Waals surface area contributed by atoms with E-state index in [0.717, 1.165) is 24.8 Å². The summed E-state index contributed by atoms with van der Waals surface area (Å²) in [5.74, 6) is 0.181. The molecule has 0 unspecified atom stereocenters. The number of ether oxygens (including phenoxy) is 2. The SMILES string of the molecule is COc1cc(CN(C)CC(=O)N[C@H]2CCCc3ccccc32)ccc1OC(F)F. The molecule has 1 N–H and O–H groups in total. The van der Waals surface area contributed by atoms with Crippen LogP contribution in [0.25, 0.3) is 0 Å². The molecule has 156 valence electrons. The van der Waals surface area contributed by atoms with Crippen LogP contribution < -0.4 is 14.8 Å². The lowest BCUT2D eigenvalue weighted by Crippen LogP contribution is -2.38. The number of benzene rings is 2. The van der Waals surface area contributed by atoms with E-state index in [1.54, 1.807) is 12.1 Å². The predicted octanol–water partition coefficient (Wildman–Crippen LogP) is 3.92. The molecule has 0 fully saturated rings. The van der Waals surface area contributed by atoms with Crippen molar-refractivity contribution in [1.82, 2.24) is 10.2 Å². The molecule has 3 rings (SSSR count). The number of amides is 1. The van der Waals surface area contributed by atoms with E-state index in [-0.39, 0.29) is 30.0 Å². The van der Waals surface area contributed by atoms with E-state index in [0.29, 0.717) is 6.54 Å². The van der Waals surface area contributed by atoms with Crippen molar-refractivity contribution in [1.29, 1.82) is 0 Å². The van der Waals surface area contributed by atoms with Crippen molar-refractivity contribution in [2.24, 2.45) is 0 Å². The maximum absolute atomic E-state index is 12.5. The van der Waals surface area contributed by atoms with Crippen LogP contribution in [0.2, 0.25) is 0 Å². The number of halogens is 2. The van der Waals surface area contributed by atoms with Crippen molar-refractivity contribution in [3.63, 3.8) is 0 Å². The average molecular weight is 404 g/mol. The van der Waals surface area contributed by atoms with Gasteiger partial charge in [0.25, 0.3) is 0 Å². The molecular weight excluding hydrogens is 378 g/mol. The fourth-order valence-electron chi connectivity index (χ4n) is 3.76. The molecule has 0 aromatic heterocycles. The highest BCUT2D eigenvalue weighted by Gasteiger charge is 2.22. The van der Waals surface area contributed by atoms with Crippen molar-refractivity contribution < 1.29 is 23.0 Å². The number of rotatable bonds is 8. The van der Waals surface area contributed by atoms with Crippen molar-refractivity contribution in [3.8, 4) is 11.5 Å². The van der Waals surface area contributed by atoms with Crippen molar-refractivity contribution in [2.45, 2.75) is 38.5 Å². The molecule has 5 nitrogen and oxygen atoms in total. The first kappa shape index (κ1) is 21.0. The Balaban J connectivity index is 1.57. The molecule has 7 heteroatoms. The number of nitrogens with one attached hydrogen (secondary N) is 1. The number of alkyl halides is 2. The molecule has 1 amide bonds. The van der Waals surface area contributed by atoms with Crippen LogP contribution in [0.15, 0.2) is 42.5 Å². The van der Waals surface area contributed by atoms with Crippen LogP contribution in [0.3, 0.4) is 0 Å². The average Bonchev–Trinajstić information content (AvgIpc) is 2.69. The molecule has 0 aliphatic heterocycles. The van der Waals surface area contributed by atoms with Crippen molar-refractivity contribution in [3.05, 3.63) is 59.2 Å². The maximum Gasteiger partial charge on any atom is 0.387 e. The molecule has 1 aliphatic carbocycles. The first-order valence-electron chi connectivity index (χ1n) is 9.63. The molecule has 0 saturated heterocycles. The second kappa shape index (κ2) is 9.69. The third-order valence-electron chi connectivity index (χ3n) is 5.01. The standard InChI is InChI=1S/C22H26F2N2O3/c1-26(13-15-10-11-19(29-22(23)24)20(12-15)28-2)14-21(27)25-18-9-5-7-16-6-3-4-8-17(16)18/h3-4,6,8,10-12,18,22H,5,7,9,13-14H2,1-2H3,(H,25,27)/t18-/m0/s1. The Hall–Kier alpha value is -2.67. The van der Waals surface area contributed by atoms with Crippen molar-refractivity contribution >= 4 is 5.91 Å². The Morgan fingerprint density at radius 2 is 2.03 bits per heavy atom. The summed E-state index contributed by atoms with van der Waals surface area (Å²) in [5.41, 5.74) is 3.34. The van der Waals surface area contributed by atoms with E-state index >= 15 is 0 Å². The summed E-state index contributed by atoms with van der Waals surface area (Å²) in [6.07, 6.45) is 3.05. The van der Waals surface area contributed by atoms with Gasteiger partial charge in [0.05, 0.1) is 19.7 Å². The van der Waals surface area contributed by atoms with E-state index < -0.39 is 6.61 Å². The fraction of sp³-hybridized carbons (Fsp3) is 0.409. The van der Waals surface area contributed by atoms with Gasteiger partial charge in [-0.25, -0.2) is 0 Å². The molecule has 0 radical (unpaired) electrons. The van der Waals surface area contributed by atoms with Crippen LogP contribution in [0.5, 0.6) is 11.5 Å². The molecule has 1 atom stereocenters. The Labute approximate surface area is 169 Å². The zero-order valence-corrected chi connectivity index (χ0v) is 16.7. The lowest BCUT2D eigenvalue weighted by atomic mass is 9.88. The molecule has 0 spiro atoms. The molecule has 0 heterocycles. The van der Waals surface area contributed by atoms with Crippen LogP contribution in [0, 0.1) is 0 Å². The van der Waals surface area contributed by atoms with Gasteiger partial charge in [-0.15, -0.1) is 0 Å². The van der Waals surface area contributed by atoms with Gasteiger partial charge in [0.2, 0.25) is 5.91 Å². The third kappa shape index (κ3) is 5.67. The molecule has 0 bridgehead atoms. The lowest BCUT2D eigenvalue weighted by molar-refractivity contribution is -0.122. The first-order valence-corrected chi connectivity index (χ1v) is 9.63. The Morgan fingerprint density at radius 1 is 1.24 bits per heavy atom. The molecule has 1 aliphatic rings. The minimum Gasteiger partial charge on any atom is -0.493 e. The normalized spacial score (nSPS) is 15.9. The second-order valence-corrected chi connectivity index (χ2v) is 7.25. The second-order valence-electron chi connectivity index (χ2n) is 7.25. The van der Waals surface area contributed by atoms with E-state index in [9.17, 15) is 13.6 Å². The third-order valence-corrected chi connectivity index (χ3v) is 5.01. The number of aryl methyl sites for hydroxylation is 1. The topological polar surface area (TPSA) is 50.8 Å². The van der Waals surface area contributed by atoms with Gasteiger partial charge in [-0.2, -0.15) is 8.78 Å².